The maximum atomic E-state index is 13.8. The minimum absolute atomic E-state index is 0.0680. The summed E-state index contributed by atoms with van der Waals surface area (Å²) >= 11 is 0. The molecular weight excluding hydrogens is 728 g/mol. The van der Waals surface area contributed by atoms with E-state index in [2.05, 4.69) is 33.8 Å². The van der Waals surface area contributed by atoms with Crippen molar-refractivity contribution >= 4 is 6.29 Å². The molecule has 4 aliphatic carbocycles. The summed E-state index contributed by atoms with van der Waals surface area (Å²) in [4.78, 5) is 13.8. The number of hydrogen-bond donors (Lipinski definition) is 9. The third-order valence-electron chi connectivity index (χ3n) is 16.4. The first kappa shape index (κ1) is 44.4. The van der Waals surface area contributed by atoms with E-state index in [4.69, 9.17) is 18.9 Å². The second kappa shape index (κ2) is 16.1. The summed E-state index contributed by atoms with van der Waals surface area (Å²) in [5, 5.41) is 97.3. The van der Waals surface area contributed by atoms with Crippen LogP contribution in [0.1, 0.15) is 106 Å². The fraction of sp³-hybridized carbons (Fsp3) is 0.929. The standard InChI is InChI=1S/C42H70O14/c1-21(2)9-8-13-41(7,52)22-10-14-40(6)29(22)23(46)17-27-39(40,5)15-11-26-38(3,4)28(12-16-42(26,27)20-45)55-37-35(33(50)31(48)25(19-44)54-37)56-36-34(51)32(49)30(47)24(18-43)53-36/h9,20,22-37,43-44,46-52H,8,10-19H2,1-7H3. The number of allylic oxidation sites excluding steroid dienone is 2. The molecule has 6 fully saturated rings. The van der Waals surface area contributed by atoms with Crippen LogP contribution in [-0.2, 0) is 23.7 Å². The molecule has 20 atom stereocenters. The van der Waals surface area contributed by atoms with Gasteiger partial charge < -0.3 is 69.7 Å². The van der Waals surface area contributed by atoms with Crippen LogP contribution in [0, 0.1) is 45.3 Å². The summed E-state index contributed by atoms with van der Waals surface area (Å²) in [5.74, 6) is -0.468. The highest BCUT2D eigenvalue weighted by Crippen LogP contribution is 2.75. The van der Waals surface area contributed by atoms with Crippen molar-refractivity contribution in [2.24, 2.45) is 45.3 Å². The van der Waals surface area contributed by atoms with E-state index in [1.165, 1.54) is 5.57 Å². The van der Waals surface area contributed by atoms with Gasteiger partial charge in [-0.15, -0.1) is 0 Å². The second-order valence-corrected chi connectivity index (χ2v) is 19.8. The van der Waals surface area contributed by atoms with Crippen molar-refractivity contribution in [2.75, 3.05) is 13.2 Å². The zero-order valence-corrected chi connectivity index (χ0v) is 34.2. The van der Waals surface area contributed by atoms with E-state index in [1.807, 2.05) is 20.8 Å². The third-order valence-corrected chi connectivity index (χ3v) is 16.4. The molecule has 14 nitrogen and oxygen atoms in total. The van der Waals surface area contributed by atoms with E-state index in [9.17, 15) is 50.8 Å². The molecule has 0 aromatic carbocycles. The van der Waals surface area contributed by atoms with Gasteiger partial charge in [0.05, 0.1) is 31.0 Å². The summed E-state index contributed by atoms with van der Waals surface area (Å²) in [6, 6.07) is 0. The Labute approximate surface area is 331 Å². The highest BCUT2D eigenvalue weighted by atomic mass is 16.8. The maximum absolute atomic E-state index is 13.8. The van der Waals surface area contributed by atoms with Gasteiger partial charge >= 0.3 is 0 Å². The Morgan fingerprint density at radius 3 is 1.98 bits per heavy atom. The van der Waals surface area contributed by atoms with E-state index < -0.39 is 103 Å². The molecule has 2 heterocycles. The van der Waals surface area contributed by atoms with Crippen molar-refractivity contribution in [1.29, 1.82) is 0 Å². The van der Waals surface area contributed by atoms with E-state index in [-0.39, 0.29) is 34.5 Å². The van der Waals surface area contributed by atoms with Crippen molar-refractivity contribution in [3.63, 3.8) is 0 Å². The number of aliphatic hydroxyl groups is 9. The van der Waals surface area contributed by atoms with Crippen LogP contribution in [0.15, 0.2) is 11.6 Å². The van der Waals surface area contributed by atoms with Gasteiger partial charge in [-0.3, -0.25) is 0 Å². The number of fused-ring (bicyclic) bond motifs is 5. The first-order valence-electron chi connectivity index (χ1n) is 20.9. The zero-order chi connectivity index (χ0) is 41.3. The normalized spacial score (nSPS) is 51.2. The van der Waals surface area contributed by atoms with Crippen molar-refractivity contribution < 1.29 is 69.7 Å². The quantitative estimate of drug-likeness (QED) is 0.0816. The largest absolute Gasteiger partial charge is 0.394 e. The van der Waals surface area contributed by atoms with Crippen LogP contribution in [0.3, 0.4) is 0 Å². The predicted molar refractivity (Wildman–Crippen MR) is 201 cm³/mol. The Morgan fingerprint density at radius 1 is 0.768 bits per heavy atom. The fourth-order valence-corrected chi connectivity index (χ4v) is 13.1. The molecule has 2 saturated heterocycles. The summed E-state index contributed by atoms with van der Waals surface area (Å²) in [6.45, 7) is 13.4. The van der Waals surface area contributed by atoms with Gasteiger partial charge in [0.2, 0.25) is 0 Å². The molecule has 0 radical (unpaired) electrons. The molecule has 0 aromatic rings. The summed E-state index contributed by atoms with van der Waals surface area (Å²) < 4.78 is 24.2. The molecule has 322 valence electrons. The zero-order valence-electron chi connectivity index (χ0n) is 34.2. The lowest BCUT2D eigenvalue weighted by molar-refractivity contribution is -0.378. The van der Waals surface area contributed by atoms with Crippen molar-refractivity contribution in [1.82, 2.24) is 0 Å². The van der Waals surface area contributed by atoms with Crippen molar-refractivity contribution in [3.8, 4) is 0 Å². The Bertz CT molecular complexity index is 1420. The Balaban J connectivity index is 1.25. The first-order valence-corrected chi connectivity index (χ1v) is 20.9. The number of aliphatic hydroxyl groups excluding tert-OH is 8. The first-order chi connectivity index (χ1) is 26.1. The lowest BCUT2D eigenvalue weighted by Crippen LogP contribution is -2.68. The van der Waals surface area contributed by atoms with Crippen LogP contribution < -0.4 is 0 Å². The van der Waals surface area contributed by atoms with Gasteiger partial charge in [-0.25, -0.2) is 0 Å². The van der Waals surface area contributed by atoms with Crippen LogP contribution in [0.2, 0.25) is 0 Å². The molecule has 0 spiro atoms. The molecule has 9 N–H and O–H groups in total. The van der Waals surface area contributed by atoms with Gasteiger partial charge in [0.25, 0.3) is 0 Å². The van der Waals surface area contributed by atoms with Crippen LogP contribution in [0.4, 0.5) is 0 Å². The molecule has 0 bridgehead atoms. The maximum Gasteiger partial charge on any atom is 0.187 e. The topological polar surface area (TPSA) is 236 Å². The van der Waals surface area contributed by atoms with Gasteiger partial charge in [-0.1, -0.05) is 39.3 Å². The Morgan fingerprint density at radius 2 is 1.38 bits per heavy atom. The van der Waals surface area contributed by atoms with Crippen LogP contribution in [-0.4, -0.2) is 145 Å². The smallest absolute Gasteiger partial charge is 0.187 e. The van der Waals surface area contributed by atoms with Gasteiger partial charge in [-0.2, -0.15) is 0 Å². The Hall–Kier alpha value is -1.11. The van der Waals surface area contributed by atoms with E-state index in [0.29, 0.717) is 25.7 Å². The summed E-state index contributed by atoms with van der Waals surface area (Å²) in [6.07, 6.45) is -7.65. The summed E-state index contributed by atoms with van der Waals surface area (Å²) in [7, 11) is 0. The third kappa shape index (κ3) is 7.07. The average Bonchev–Trinajstić information content (AvgIpc) is 3.53. The monoisotopic (exact) mass is 798 g/mol. The van der Waals surface area contributed by atoms with Crippen molar-refractivity contribution in [2.45, 2.75) is 185 Å². The minimum Gasteiger partial charge on any atom is -0.394 e. The molecule has 4 saturated carbocycles. The second-order valence-electron chi connectivity index (χ2n) is 19.8. The number of ether oxygens (including phenoxy) is 4. The van der Waals surface area contributed by atoms with Gasteiger partial charge in [0.15, 0.2) is 12.6 Å². The molecule has 6 aliphatic rings. The van der Waals surface area contributed by atoms with Gasteiger partial charge in [-0.05, 0) is 118 Å². The van der Waals surface area contributed by atoms with Crippen LogP contribution >= 0.6 is 0 Å². The number of rotatable bonds is 11. The van der Waals surface area contributed by atoms with E-state index in [1.54, 1.807) is 0 Å². The summed E-state index contributed by atoms with van der Waals surface area (Å²) in [5.41, 5.74) is -1.77. The lowest BCUT2D eigenvalue weighted by atomic mass is 9.35. The van der Waals surface area contributed by atoms with Crippen LogP contribution in [0.5, 0.6) is 0 Å². The van der Waals surface area contributed by atoms with E-state index in [0.717, 1.165) is 38.4 Å². The molecule has 0 amide bonds. The number of carbonyl (C=O) groups is 1. The number of aldehydes is 1. The Kier molecular flexibility index (Phi) is 12.7. The molecule has 0 aromatic heterocycles. The molecule has 20 unspecified atom stereocenters. The lowest BCUT2D eigenvalue weighted by Gasteiger charge is -2.70. The van der Waals surface area contributed by atoms with Crippen molar-refractivity contribution in [3.05, 3.63) is 11.6 Å². The number of hydrogen-bond acceptors (Lipinski definition) is 14. The van der Waals surface area contributed by atoms with Crippen LogP contribution in [0.25, 0.3) is 0 Å². The number of carbonyl (C=O) groups excluding carboxylic acids is 1. The molecule has 6 rings (SSSR count). The molecule has 2 aliphatic heterocycles. The van der Waals surface area contributed by atoms with Gasteiger partial charge in [0, 0.05) is 5.41 Å². The van der Waals surface area contributed by atoms with Gasteiger partial charge in [0.1, 0.15) is 55.1 Å². The SMILES string of the molecule is CC(C)=CCCC(C)(O)C1CCC2(C)C1C(O)CC1C3(C=O)CCC(OC4OC(CO)C(O)C(O)C4OC4OC(CO)C(O)C(O)C4O)C(C)(C)C3CCC12C. The minimum atomic E-state index is -1.79. The molecule has 56 heavy (non-hydrogen) atoms. The fourth-order valence-electron chi connectivity index (χ4n) is 13.1. The highest BCUT2D eigenvalue weighted by Gasteiger charge is 2.73. The van der Waals surface area contributed by atoms with E-state index >= 15 is 0 Å². The molecule has 14 heteroatoms. The predicted octanol–water partition coefficient (Wildman–Crippen LogP) is 1.33. The molecular formula is C42H70O14. The average molecular weight is 799 g/mol. The highest BCUT2D eigenvalue weighted by molar-refractivity contribution is 5.62.